The van der Waals surface area contributed by atoms with Crippen molar-refractivity contribution < 1.29 is 9.47 Å². The fourth-order valence-electron chi connectivity index (χ4n) is 4.21. The van der Waals surface area contributed by atoms with Crippen LogP contribution in [0.5, 0.6) is 0 Å². The third-order valence-electron chi connectivity index (χ3n) is 5.62. The van der Waals surface area contributed by atoms with Gasteiger partial charge in [0, 0.05) is 34.5 Å². The number of halogens is 1. The lowest BCUT2D eigenvalue weighted by molar-refractivity contribution is -0.180. The smallest absolute Gasteiger partial charge is 0.187 e. The summed E-state index contributed by atoms with van der Waals surface area (Å²) in [7, 11) is 0. The van der Waals surface area contributed by atoms with Gasteiger partial charge in [0.15, 0.2) is 5.79 Å². The average molecular weight is 457 g/mol. The van der Waals surface area contributed by atoms with E-state index in [1.165, 1.54) is 27.1 Å². The second-order valence-electron chi connectivity index (χ2n) is 8.36. The van der Waals surface area contributed by atoms with Crippen LogP contribution in [0.1, 0.15) is 28.7 Å². The zero-order chi connectivity index (χ0) is 21.8. The SMILES string of the molecule is Cc1cc(C)c(SCC2COC(CCc3ccc(Cl)cc3)(Cn3ccnc3)O2)c(C)c1. The molecule has 0 bridgehead atoms. The molecule has 2 atom stereocenters. The minimum atomic E-state index is -0.650. The van der Waals surface area contributed by atoms with Gasteiger partial charge in [-0.15, -0.1) is 11.8 Å². The standard InChI is InChI=1S/C25H29ClN2O2S/c1-18-12-19(2)24(20(3)13-18)31-15-23-14-29-25(30-23,16-28-11-10-27-17-28)9-8-21-4-6-22(26)7-5-21/h4-7,10-13,17,23H,8-9,14-16H2,1-3H3. The lowest BCUT2D eigenvalue weighted by Crippen LogP contribution is -2.37. The first kappa shape index (κ1) is 22.4. The third kappa shape index (κ3) is 5.72. The molecule has 1 fully saturated rings. The Morgan fingerprint density at radius 3 is 2.58 bits per heavy atom. The molecule has 0 radical (unpaired) electrons. The molecule has 0 saturated carbocycles. The van der Waals surface area contributed by atoms with E-state index < -0.39 is 5.79 Å². The second kappa shape index (κ2) is 9.78. The second-order valence-corrected chi connectivity index (χ2v) is 9.83. The molecular formula is C25H29ClN2O2S. The predicted octanol–water partition coefficient (Wildman–Crippen LogP) is 6.00. The Labute approximate surface area is 193 Å². The van der Waals surface area contributed by atoms with E-state index in [1.54, 1.807) is 6.20 Å². The number of benzene rings is 2. The van der Waals surface area contributed by atoms with Crippen LogP contribution < -0.4 is 0 Å². The number of aromatic nitrogens is 2. The van der Waals surface area contributed by atoms with Crippen molar-refractivity contribution in [1.82, 2.24) is 9.55 Å². The zero-order valence-corrected chi connectivity index (χ0v) is 19.9. The van der Waals surface area contributed by atoms with Crippen molar-refractivity contribution in [1.29, 1.82) is 0 Å². The number of ether oxygens (including phenoxy) is 2. The van der Waals surface area contributed by atoms with Crippen molar-refractivity contribution in [2.24, 2.45) is 0 Å². The van der Waals surface area contributed by atoms with Gasteiger partial charge in [0.2, 0.25) is 0 Å². The highest BCUT2D eigenvalue weighted by molar-refractivity contribution is 7.99. The van der Waals surface area contributed by atoms with Gasteiger partial charge in [0.05, 0.1) is 25.6 Å². The minimum absolute atomic E-state index is 0.0545. The molecule has 0 N–H and O–H groups in total. The molecule has 2 aromatic carbocycles. The summed E-state index contributed by atoms with van der Waals surface area (Å²) >= 11 is 7.90. The summed E-state index contributed by atoms with van der Waals surface area (Å²) < 4.78 is 14.9. The molecule has 2 heterocycles. The van der Waals surface area contributed by atoms with Crippen LogP contribution in [0.15, 0.2) is 60.0 Å². The number of imidazole rings is 1. The zero-order valence-electron chi connectivity index (χ0n) is 18.3. The van der Waals surface area contributed by atoms with Crippen LogP contribution in [0.4, 0.5) is 0 Å². The molecule has 6 heteroatoms. The van der Waals surface area contributed by atoms with Gasteiger partial charge < -0.3 is 14.0 Å². The molecule has 1 aliphatic heterocycles. The van der Waals surface area contributed by atoms with Crippen LogP contribution in [0.2, 0.25) is 5.02 Å². The topological polar surface area (TPSA) is 36.3 Å². The van der Waals surface area contributed by atoms with E-state index in [1.807, 2.05) is 41.0 Å². The highest BCUT2D eigenvalue weighted by Gasteiger charge is 2.41. The lowest BCUT2D eigenvalue weighted by Gasteiger charge is -2.29. The average Bonchev–Trinajstić information content (AvgIpc) is 3.37. The van der Waals surface area contributed by atoms with Gasteiger partial charge in [-0.05, 0) is 56.0 Å². The van der Waals surface area contributed by atoms with Gasteiger partial charge in [-0.1, -0.05) is 41.4 Å². The monoisotopic (exact) mass is 456 g/mol. The highest BCUT2D eigenvalue weighted by atomic mass is 35.5. The molecule has 164 valence electrons. The molecule has 1 aliphatic rings. The van der Waals surface area contributed by atoms with Crippen molar-refractivity contribution >= 4 is 23.4 Å². The van der Waals surface area contributed by atoms with Gasteiger partial charge >= 0.3 is 0 Å². The van der Waals surface area contributed by atoms with E-state index in [0.717, 1.165) is 23.6 Å². The largest absolute Gasteiger partial charge is 0.345 e. The maximum Gasteiger partial charge on any atom is 0.187 e. The van der Waals surface area contributed by atoms with Crippen molar-refractivity contribution in [3.63, 3.8) is 0 Å². The van der Waals surface area contributed by atoms with Crippen molar-refractivity contribution in [3.8, 4) is 0 Å². The molecule has 0 aliphatic carbocycles. The summed E-state index contributed by atoms with van der Waals surface area (Å²) in [5.74, 6) is 0.223. The summed E-state index contributed by atoms with van der Waals surface area (Å²) in [5, 5.41) is 0.754. The Kier molecular flexibility index (Phi) is 7.07. The van der Waals surface area contributed by atoms with E-state index in [2.05, 4.69) is 50.0 Å². The van der Waals surface area contributed by atoms with E-state index in [-0.39, 0.29) is 6.10 Å². The van der Waals surface area contributed by atoms with Crippen LogP contribution in [0, 0.1) is 20.8 Å². The molecule has 4 nitrogen and oxygen atoms in total. The molecule has 1 aromatic heterocycles. The quantitative estimate of drug-likeness (QED) is 0.389. The van der Waals surface area contributed by atoms with Gasteiger partial charge in [-0.25, -0.2) is 4.98 Å². The number of hydrogen-bond acceptors (Lipinski definition) is 4. The normalized spacial score (nSPS) is 21.0. The van der Waals surface area contributed by atoms with Gasteiger partial charge in [0.1, 0.15) is 0 Å². The molecule has 0 spiro atoms. The third-order valence-corrected chi connectivity index (χ3v) is 7.35. The molecule has 3 aromatic rings. The van der Waals surface area contributed by atoms with E-state index in [4.69, 9.17) is 21.1 Å². The van der Waals surface area contributed by atoms with Crippen molar-refractivity contribution in [3.05, 3.63) is 82.4 Å². The molecule has 0 amide bonds. The first-order chi connectivity index (χ1) is 14.9. The predicted molar refractivity (Wildman–Crippen MR) is 127 cm³/mol. The molecule has 4 rings (SSSR count). The molecule has 31 heavy (non-hydrogen) atoms. The Bertz CT molecular complexity index is 984. The summed E-state index contributed by atoms with van der Waals surface area (Å²) in [5.41, 5.74) is 5.19. The van der Waals surface area contributed by atoms with Crippen LogP contribution in [0.25, 0.3) is 0 Å². The summed E-state index contributed by atoms with van der Waals surface area (Å²) in [6.45, 7) is 7.75. The molecule has 1 saturated heterocycles. The van der Waals surface area contributed by atoms with Crippen LogP contribution >= 0.6 is 23.4 Å². The summed E-state index contributed by atoms with van der Waals surface area (Å²) in [6.07, 6.45) is 7.26. The number of nitrogens with zero attached hydrogens (tertiary/aromatic N) is 2. The van der Waals surface area contributed by atoms with Crippen molar-refractivity contribution in [2.45, 2.75) is 56.9 Å². The van der Waals surface area contributed by atoms with Crippen LogP contribution in [-0.2, 0) is 22.4 Å². The van der Waals surface area contributed by atoms with E-state index >= 15 is 0 Å². The number of thioether (sulfide) groups is 1. The summed E-state index contributed by atoms with van der Waals surface area (Å²) in [4.78, 5) is 5.53. The maximum absolute atomic E-state index is 6.58. The first-order valence-corrected chi connectivity index (χ1v) is 12.0. The fraction of sp³-hybridized carbons (Fsp3) is 0.400. The number of aryl methyl sites for hydroxylation is 4. The van der Waals surface area contributed by atoms with Crippen LogP contribution in [-0.4, -0.2) is 33.8 Å². The fourth-order valence-corrected chi connectivity index (χ4v) is 5.42. The Balaban J connectivity index is 1.43. The highest BCUT2D eigenvalue weighted by Crippen LogP contribution is 2.35. The van der Waals surface area contributed by atoms with Crippen LogP contribution in [0.3, 0.4) is 0 Å². The Hall–Kier alpha value is -1.79. The van der Waals surface area contributed by atoms with E-state index in [9.17, 15) is 0 Å². The van der Waals surface area contributed by atoms with Gasteiger partial charge in [0.25, 0.3) is 0 Å². The number of hydrogen-bond donors (Lipinski definition) is 0. The molecular weight excluding hydrogens is 428 g/mol. The Morgan fingerprint density at radius 2 is 1.90 bits per heavy atom. The van der Waals surface area contributed by atoms with Crippen molar-refractivity contribution in [2.75, 3.05) is 12.4 Å². The van der Waals surface area contributed by atoms with Gasteiger partial charge in [-0.3, -0.25) is 0 Å². The maximum atomic E-state index is 6.58. The Morgan fingerprint density at radius 1 is 1.16 bits per heavy atom. The van der Waals surface area contributed by atoms with Gasteiger partial charge in [-0.2, -0.15) is 0 Å². The molecule has 2 unspecified atom stereocenters. The summed E-state index contributed by atoms with van der Waals surface area (Å²) in [6, 6.07) is 12.5. The number of rotatable bonds is 8. The lowest BCUT2D eigenvalue weighted by atomic mass is 10.0. The minimum Gasteiger partial charge on any atom is -0.345 e. The first-order valence-electron chi connectivity index (χ1n) is 10.6. The van der Waals surface area contributed by atoms with E-state index in [0.29, 0.717) is 13.2 Å².